The minimum absolute atomic E-state index is 0.0772. The summed E-state index contributed by atoms with van der Waals surface area (Å²) in [5.41, 5.74) is 0. The van der Waals surface area contributed by atoms with Gasteiger partial charge in [0.25, 0.3) is 0 Å². The molecule has 0 atom stereocenters. The van der Waals surface area contributed by atoms with Crippen LogP contribution in [-0.4, -0.2) is 32.0 Å². The molecule has 1 aromatic rings. The number of nitrogens with zero attached hydrogens (tertiary/aromatic N) is 1. The molecule has 0 saturated carbocycles. The van der Waals surface area contributed by atoms with Crippen LogP contribution in [0.4, 0.5) is 0 Å². The fourth-order valence-corrected chi connectivity index (χ4v) is 2.82. The largest absolute Gasteiger partial charge is 0.349 e. The predicted molar refractivity (Wildman–Crippen MR) is 82.9 cm³/mol. The molecule has 20 heavy (non-hydrogen) atoms. The van der Waals surface area contributed by atoms with Crippen molar-refractivity contribution in [2.24, 2.45) is 5.92 Å². The van der Waals surface area contributed by atoms with Gasteiger partial charge in [0.2, 0.25) is 0 Å². The summed E-state index contributed by atoms with van der Waals surface area (Å²) < 4.78 is -0.441. The number of thioether (sulfide) groups is 1. The van der Waals surface area contributed by atoms with Gasteiger partial charge in [0.1, 0.15) is 17.4 Å². The molecular weight excluding hydrogens is 272 g/mol. The number of aromatic nitrogens is 2. The molecule has 0 amide bonds. The fraction of sp³-hybridized carbons (Fsp3) is 0.667. The predicted octanol–water partition coefficient (Wildman–Crippen LogP) is 3.04. The Bertz CT molecular complexity index is 439. The van der Waals surface area contributed by atoms with Crippen LogP contribution in [0.15, 0.2) is 12.4 Å². The molecule has 5 heteroatoms. The highest BCUT2D eigenvalue weighted by Gasteiger charge is 2.27. The van der Waals surface area contributed by atoms with E-state index in [2.05, 4.69) is 9.97 Å². The van der Waals surface area contributed by atoms with Crippen molar-refractivity contribution in [3.63, 3.8) is 0 Å². The molecule has 1 rings (SSSR count). The number of carbonyl (C=O) groups is 2. The maximum Gasteiger partial charge on any atom is 0.148 e. The number of nitrogens with one attached hydrogen (secondary N) is 1. The first-order chi connectivity index (χ1) is 9.33. The summed E-state index contributed by atoms with van der Waals surface area (Å²) in [5.74, 6) is 2.09. The molecule has 0 aliphatic heterocycles. The third-order valence-corrected chi connectivity index (χ3v) is 4.63. The average molecular weight is 296 g/mol. The number of carbonyl (C=O) groups excluding carboxylic acids is 2. The van der Waals surface area contributed by atoms with Crippen molar-refractivity contribution in [3.8, 4) is 0 Å². The number of aromatic amines is 1. The topological polar surface area (TPSA) is 62.8 Å². The quantitative estimate of drug-likeness (QED) is 0.761. The van der Waals surface area contributed by atoms with Gasteiger partial charge in [-0.1, -0.05) is 13.8 Å². The lowest BCUT2D eigenvalue weighted by Gasteiger charge is -2.22. The molecule has 0 bridgehead atoms. The Morgan fingerprint density at radius 1 is 1.35 bits per heavy atom. The molecule has 1 aromatic heterocycles. The molecule has 0 aromatic carbocycles. The Morgan fingerprint density at radius 2 is 2.05 bits per heavy atom. The highest BCUT2D eigenvalue weighted by molar-refractivity contribution is 8.01. The van der Waals surface area contributed by atoms with E-state index in [1.165, 1.54) is 0 Å². The van der Waals surface area contributed by atoms with E-state index >= 15 is 0 Å². The van der Waals surface area contributed by atoms with Crippen molar-refractivity contribution in [3.05, 3.63) is 18.2 Å². The second kappa shape index (κ2) is 7.62. The number of ketones is 2. The lowest BCUT2D eigenvalue weighted by atomic mass is 10.0. The average Bonchev–Trinajstić information content (AvgIpc) is 2.88. The smallest absolute Gasteiger partial charge is 0.148 e. The molecule has 0 fully saturated rings. The molecule has 0 aliphatic rings. The maximum atomic E-state index is 12.2. The van der Waals surface area contributed by atoms with Crippen molar-refractivity contribution >= 4 is 23.3 Å². The number of Topliss-reactive ketones (excluding diaryl/α,β-unsaturated/α-hetero) is 2. The van der Waals surface area contributed by atoms with Crippen LogP contribution in [0.2, 0.25) is 0 Å². The Morgan fingerprint density at radius 3 is 2.60 bits per heavy atom. The minimum atomic E-state index is -0.441. The fourth-order valence-electron chi connectivity index (χ4n) is 1.74. The van der Waals surface area contributed by atoms with Gasteiger partial charge in [-0.05, 0) is 13.8 Å². The second-order valence-corrected chi connectivity index (χ2v) is 7.41. The Balaban J connectivity index is 2.35. The normalized spacial score (nSPS) is 11.8. The highest BCUT2D eigenvalue weighted by Crippen LogP contribution is 2.28. The highest BCUT2D eigenvalue weighted by atomic mass is 32.2. The number of aryl methyl sites for hydroxylation is 1. The van der Waals surface area contributed by atoms with Gasteiger partial charge in [0, 0.05) is 43.3 Å². The number of rotatable bonds is 9. The van der Waals surface area contributed by atoms with E-state index in [0.717, 1.165) is 5.82 Å². The zero-order valence-corrected chi connectivity index (χ0v) is 13.5. The zero-order chi connectivity index (χ0) is 15.2. The van der Waals surface area contributed by atoms with Gasteiger partial charge in [-0.3, -0.25) is 9.59 Å². The molecule has 0 radical (unpaired) electrons. The second-order valence-electron chi connectivity index (χ2n) is 5.69. The summed E-state index contributed by atoms with van der Waals surface area (Å²) in [6.45, 7) is 7.68. The Hall–Kier alpha value is -1.10. The number of H-pyrrole nitrogens is 1. The van der Waals surface area contributed by atoms with Crippen LogP contribution in [0, 0.1) is 5.92 Å². The van der Waals surface area contributed by atoms with Crippen LogP contribution in [0.3, 0.4) is 0 Å². The van der Waals surface area contributed by atoms with Gasteiger partial charge < -0.3 is 4.98 Å². The van der Waals surface area contributed by atoms with Crippen LogP contribution >= 0.6 is 11.8 Å². The summed E-state index contributed by atoms with van der Waals surface area (Å²) in [6.07, 6.45) is 5.11. The van der Waals surface area contributed by atoms with Crippen LogP contribution in [-0.2, 0) is 16.0 Å². The first-order valence-electron chi connectivity index (χ1n) is 7.01. The molecule has 112 valence electrons. The van der Waals surface area contributed by atoms with Gasteiger partial charge in [0.05, 0.1) is 4.75 Å². The van der Waals surface area contributed by atoms with Crippen LogP contribution in [0.5, 0.6) is 0 Å². The summed E-state index contributed by atoms with van der Waals surface area (Å²) in [6, 6.07) is 0. The van der Waals surface area contributed by atoms with Crippen molar-refractivity contribution < 1.29 is 9.59 Å². The minimum Gasteiger partial charge on any atom is -0.349 e. The van der Waals surface area contributed by atoms with Gasteiger partial charge in [0.15, 0.2) is 0 Å². The molecular formula is C15H24N2O2S. The van der Waals surface area contributed by atoms with E-state index in [1.54, 1.807) is 24.2 Å². The van der Waals surface area contributed by atoms with Gasteiger partial charge >= 0.3 is 0 Å². The molecule has 0 unspecified atom stereocenters. The Kier molecular flexibility index (Phi) is 6.46. The summed E-state index contributed by atoms with van der Waals surface area (Å²) in [5, 5.41) is 0. The van der Waals surface area contributed by atoms with E-state index in [9.17, 15) is 9.59 Å². The first-order valence-corrected chi connectivity index (χ1v) is 7.99. The third-order valence-electron chi connectivity index (χ3n) is 3.27. The third kappa shape index (κ3) is 5.49. The number of hydrogen-bond acceptors (Lipinski definition) is 4. The molecule has 1 N–H and O–H groups in total. The molecule has 0 saturated heterocycles. The number of imidazole rings is 1. The molecule has 4 nitrogen and oxygen atoms in total. The standard InChI is InChI=1S/C15H24N2O2S/c1-11(2)12(18)7-10-20-15(3,4)13(19)5-6-14-16-8-9-17-14/h8-9,11H,5-7,10H2,1-4H3,(H,16,17). The van der Waals surface area contributed by atoms with E-state index in [0.29, 0.717) is 25.0 Å². The van der Waals surface area contributed by atoms with Crippen molar-refractivity contribution in [2.45, 2.75) is 51.7 Å². The van der Waals surface area contributed by atoms with Crippen LogP contribution in [0.25, 0.3) is 0 Å². The SMILES string of the molecule is CC(C)C(=O)CCSC(C)(C)C(=O)CCc1ncc[nH]1. The van der Waals surface area contributed by atoms with E-state index in [4.69, 9.17) is 0 Å². The summed E-state index contributed by atoms with van der Waals surface area (Å²) in [4.78, 5) is 30.9. The van der Waals surface area contributed by atoms with E-state index < -0.39 is 4.75 Å². The van der Waals surface area contributed by atoms with Crippen LogP contribution < -0.4 is 0 Å². The van der Waals surface area contributed by atoms with Gasteiger partial charge in [-0.25, -0.2) is 4.98 Å². The first kappa shape index (κ1) is 17.0. The van der Waals surface area contributed by atoms with E-state index in [-0.39, 0.29) is 17.5 Å². The van der Waals surface area contributed by atoms with Gasteiger partial charge in [-0.2, -0.15) is 0 Å². The van der Waals surface area contributed by atoms with Crippen molar-refractivity contribution in [2.75, 3.05) is 5.75 Å². The van der Waals surface area contributed by atoms with E-state index in [1.807, 2.05) is 27.7 Å². The zero-order valence-electron chi connectivity index (χ0n) is 12.7. The molecule has 0 aliphatic carbocycles. The lowest BCUT2D eigenvalue weighted by Crippen LogP contribution is -2.29. The Labute approximate surface area is 125 Å². The van der Waals surface area contributed by atoms with Crippen molar-refractivity contribution in [1.82, 2.24) is 9.97 Å². The monoisotopic (exact) mass is 296 g/mol. The summed E-state index contributed by atoms with van der Waals surface area (Å²) >= 11 is 1.57. The van der Waals surface area contributed by atoms with Crippen LogP contribution in [0.1, 0.15) is 46.4 Å². The summed E-state index contributed by atoms with van der Waals surface area (Å²) in [7, 11) is 0. The number of hydrogen-bond donors (Lipinski definition) is 1. The maximum absolute atomic E-state index is 12.2. The van der Waals surface area contributed by atoms with Gasteiger partial charge in [-0.15, -0.1) is 11.8 Å². The lowest BCUT2D eigenvalue weighted by molar-refractivity contribution is -0.122. The molecule has 1 heterocycles. The molecule has 0 spiro atoms. The van der Waals surface area contributed by atoms with Crippen molar-refractivity contribution in [1.29, 1.82) is 0 Å².